The van der Waals surface area contributed by atoms with E-state index in [0.717, 1.165) is 44.0 Å². The molecule has 1 saturated heterocycles. The van der Waals surface area contributed by atoms with Gasteiger partial charge in [-0.05, 0) is 69.2 Å². The Hall–Kier alpha value is -3.86. The maximum Gasteiger partial charge on any atom is 0.255 e. The Balaban J connectivity index is 1.67. The quantitative estimate of drug-likeness (QED) is 0.411. The number of hydrogen-bond acceptors (Lipinski definition) is 5. The molecule has 0 aromatic heterocycles. The number of carbonyl (C=O) groups is 1. The zero-order valence-corrected chi connectivity index (χ0v) is 21.9. The van der Waals surface area contributed by atoms with Gasteiger partial charge in [0.25, 0.3) is 5.91 Å². The molecule has 2 aromatic rings. The monoisotopic (exact) mass is 499 g/mol. The molecule has 1 heterocycles. The van der Waals surface area contributed by atoms with Gasteiger partial charge in [0.2, 0.25) is 0 Å². The summed E-state index contributed by atoms with van der Waals surface area (Å²) < 4.78 is 14.4. The van der Waals surface area contributed by atoms with E-state index < -0.39 is 5.82 Å². The van der Waals surface area contributed by atoms with E-state index in [4.69, 9.17) is 0 Å². The Bertz CT molecular complexity index is 1290. The van der Waals surface area contributed by atoms with E-state index in [0.29, 0.717) is 16.8 Å². The fourth-order valence-corrected chi connectivity index (χ4v) is 3.69. The van der Waals surface area contributed by atoms with Gasteiger partial charge in [0.05, 0.1) is 11.3 Å². The number of nitrogens with one attached hydrogen (secondary N) is 2. The molecule has 0 spiro atoms. The second-order valence-electron chi connectivity index (χ2n) is 8.91. The average molecular weight is 500 g/mol. The number of allylic oxidation sites excluding steroid dienone is 2. The number of halogens is 1. The van der Waals surface area contributed by atoms with Crippen molar-refractivity contribution < 1.29 is 9.18 Å². The minimum atomic E-state index is -0.483. The molecule has 0 aliphatic carbocycles. The van der Waals surface area contributed by atoms with Gasteiger partial charge in [-0.3, -0.25) is 19.7 Å². The van der Waals surface area contributed by atoms with E-state index in [9.17, 15) is 9.18 Å². The molecule has 1 aliphatic heterocycles. The predicted octanol–water partition coefficient (Wildman–Crippen LogP) is 5.11. The third kappa shape index (κ3) is 8.94. The van der Waals surface area contributed by atoms with Crippen LogP contribution in [0.4, 0.5) is 10.1 Å². The Morgan fingerprint density at radius 2 is 1.97 bits per heavy atom. The summed E-state index contributed by atoms with van der Waals surface area (Å²) in [6.07, 6.45) is 6.74. The number of aryl methyl sites for hydroxylation is 1. The van der Waals surface area contributed by atoms with Crippen LogP contribution in [0, 0.1) is 24.6 Å². The molecular weight excluding hydrogens is 465 g/mol. The van der Waals surface area contributed by atoms with Crippen molar-refractivity contribution >= 4 is 23.5 Å². The Kier molecular flexibility index (Phi) is 10.5. The summed E-state index contributed by atoms with van der Waals surface area (Å²) in [7, 11) is 0. The number of nitrogens with zero attached hydrogens (tertiary/aromatic N) is 3. The van der Waals surface area contributed by atoms with Gasteiger partial charge in [-0.15, -0.1) is 0 Å². The smallest absolute Gasteiger partial charge is 0.255 e. The van der Waals surface area contributed by atoms with Crippen molar-refractivity contribution in [3.05, 3.63) is 88.5 Å². The van der Waals surface area contributed by atoms with Gasteiger partial charge in [-0.2, -0.15) is 0 Å². The molecule has 2 N–H and O–H groups in total. The van der Waals surface area contributed by atoms with Crippen LogP contribution in [0.3, 0.4) is 0 Å². The lowest BCUT2D eigenvalue weighted by atomic mass is 10.1. The molecule has 192 valence electrons. The van der Waals surface area contributed by atoms with Gasteiger partial charge < -0.3 is 10.6 Å². The largest absolute Gasteiger partial charge is 0.322 e. The van der Waals surface area contributed by atoms with E-state index in [1.165, 1.54) is 23.8 Å². The molecule has 0 bridgehead atoms. The number of benzene rings is 2. The molecule has 37 heavy (non-hydrogen) atoms. The SMILES string of the molecule is C/C=C\N=CC(C)=N/C=C(\C)C#Cc1cc(C(=O)Nc2ccc(CN3CCNCC3)c(C)c2)ccc1F. The summed E-state index contributed by atoms with van der Waals surface area (Å²) in [6, 6.07) is 10.1. The molecule has 1 amide bonds. The van der Waals surface area contributed by atoms with Crippen LogP contribution < -0.4 is 10.6 Å². The fraction of sp³-hybridized carbons (Fsp3) is 0.300. The van der Waals surface area contributed by atoms with Crippen molar-refractivity contribution in [3.63, 3.8) is 0 Å². The number of amides is 1. The van der Waals surface area contributed by atoms with Crippen LogP contribution in [0.25, 0.3) is 0 Å². The number of anilines is 1. The van der Waals surface area contributed by atoms with Crippen LogP contribution >= 0.6 is 0 Å². The average Bonchev–Trinajstić information content (AvgIpc) is 2.89. The van der Waals surface area contributed by atoms with Gasteiger partial charge in [0, 0.05) is 68.2 Å². The molecule has 0 atom stereocenters. The van der Waals surface area contributed by atoms with Crippen molar-refractivity contribution in [3.8, 4) is 11.8 Å². The van der Waals surface area contributed by atoms with Crippen LogP contribution in [0.15, 0.2) is 70.4 Å². The summed E-state index contributed by atoms with van der Waals surface area (Å²) in [5.74, 6) is 4.90. The second-order valence-corrected chi connectivity index (χ2v) is 8.91. The molecule has 0 unspecified atom stereocenters. The minimum absolute atomic E-state index is 0.151. The highest BCUT2D eigenvalue weighted by molar-refractivity contribution is 6.29. The van der Waals surface area contributed by atoms with E-state index in [2.05, 4.69) is 50.3 Å². The summed E-state index contributed by atoms with van der Waals surface area (Å²) in [4.78, 5) is 23.6. The zero-order valence-electron chi connectivity index (χ0n) is 21.9. The predicted molar refractivity (Wildman–Crippen MR) is 151 cm³/mol. The number of hydrogen-bond donors (Lipinski definition) is 2. The van der Waals surface area contributed by atoms with Crippen molar-refractivity contribution in [2.75, 3.05) is 31.5 Å². The molecule has 6 nitrogen and oxygen atoms in total. The summed E-state index contributed by atoms with van der Waals surface area (Å²) in [6.45, 7) is 12.5. The summed E-state index contributed by atoms with van der Waals surface area (Å²) in [5.41, 5.74) is 4.93. The number of carbonyl (C=O) groups excluding carboxylic acids is 1. The van der Waals surface area contributed by atoms with Crippen molar-refractivity contribution in [2.45, 2.75) is 34.2 Å². The summed E-state index contributed by atoms with van der Waals surface area (Å²) in [5, 5.41) is 6.28. The highest BCUT2D eigenvalue weighted by Gasteiger charge is 2.13. The molecule has 7 heteroatoms. The van der Waals surface area contributed by atoms with Crippen molar-refractivity contribution in [1.29, 1.82) is 0 Å². The lowest BCUT2D eigenvalue weighted by Crippen LogP contribution is -2.42. The van der Waals surface area contributed by atoms with Gasteiger partial charge in [0.15, 0.2) is 0 Å². The van der Waals surface area contributed by atoms with Crippen LogP contribution in [-0.4, -0.2) is 48.9 Å². The number of rotatable bonds is 7. The van der Waals surface area contributed by atoms with Gasteiger partial charge in [0.1, 0.15) is 5.82 Å². The topological polar surface area (TPSA) is 69.1 Å². The first-order chi connectivity index (χ1) is 17.9. The maximum absolute atomic E-state index is 14.4. The van der Waals surface area contributed by atoms with E-state index in [1.807, 2.05) is 32.1 Å². The first-order valence-electron chi connectivity index (χ1n) is 12.4. The highest BCUT2D eigenvalue weighted by atomic mass is 19.1. The molecule has 1 fully saturated rings. The van der Waals surface area contributed by atoms with Gasteiger partial charge in [-0.25, -0.2) is 4.39 Å². The number of aliphatic imine (C=N–C) groups is 2. The standard InChI is InChI=1S/C30H34FN5O/c1-5-12-33-20-24(4)34-19-22(2)6-7-25-18-26(9-11-29(25)31)30(37)35-28-10-8-27(23(3)17-28)21-36-15-13-32-14-16-36/h5,8-12,17-20,32H,13-16,21H2,1-4H3,(H,35,37)/b12-5-,22-19+,33-20?,34-24?. The van der Waals surface area contributed by atoms with Crippen molar-refractivity contribution in [1.82, 2.24) is 10.2 Å². The molecule has 3 rings (SSSR count). The second kappa shape index (κ2) is 14.0. The Labute approximate surface area is 219 Å². The lowest BCUT2D eigenvalue weighted by Gasteiger charge is -2.27. The van der Waals surface area contributed by atoms with Crippen LogP contribution in [0.1, 0.15) is 47.8 Å². The minimum Gasteiger partial charge on any atom is -0.322 e. The van der Waals surface area contributed by atoms with E-state index in [-0.39, 0.29) is 11.5 Å². The third-order valence-corrected chi connectivity index (χ3v) is 5.79. The highest BCUT2D eigenvalue weighted by Crippen LogP contribution is 2.19. The first-order valence-corrected chi connectivity index (χ1v) is 12.4. The summed E-state index contributed by atoms with van der Waals surface area (Å²) >= 11 is 0. The molecule has 0 saturated carbocycles. The fourth-order valence-electron chi connectivity index (χ4n) is 3.69. The molecular formula is C30H34FN5O. The first kappa shape index (κ1) is 27.7. The Morgan fingerprint density at radius 1 is 1.19 bits per heavy atom. The lowest BCUT2D eigenvalue weighted by molar-refractivity contribution is 0.102. The van der Waals surface area contributed by atoms with Gasteiger partial charge in [-0.1, -0.05) is 24.0 Å². The van der Waals surface area contributed by atoms with E-state index >= 15 is 0 Å². The van der Waals surface area contributed by atoms with E-state index in [1.54, 1.807) is 25.5 Å². The maximum atomic E-state index is 14.4. The van der Waals surface area contributed by atoms with Crippen LogP contribution in [0.5, 0.6) is 0 Å². The molecule has 1 aliphatic rings. The molecule has 2 aromatic carbocycles. The normalized spacial score (nSPS) is 15.2. The zero-order chi connectivity index (χ0) is 26.6. The van der Waals surface area contributed by atoms with Gasteiger partial charge >= 0.3 is 0 Å². The van der Waals surface area contributed by atoms with Crippen molar-refractivity contribution in [2.24, 2.45) is 9.98 Å². The van der Waals surface area contributed by atoms with Crippen LogP contribution in [0.2, 0.25) is 0 Å². The number of piperazine rings is 1. The third-order valence-electron chi connectivity index (χ3n) is 5.79. The Morgan fingerprint density at radius 3 is 2.70 bits per heavy atom. The van der Waals surface area contributed by atoms with Crippen LogP contribution in [-0.2, 0) is 6.54 Å². The molecule has 0 radical (unpaired) electrons.